The minimum Gasteiger partial charge on any atom is -0.299 e. The van der Waals surface area contributed by atoms with Gasteiger partial charge in [0.05, 0.1) is 5.52 Å². The van der Waals surface area contributed by atoms with Crippen molar-refractivity contribution >= 4 is 28.3 Å². The van der Waals surface area contributed by atoms with Crippen molar-refractivity contribution in [3.8, 4) is 0 Å². The lowest BCUT2D eigenvalue weighted by Crippen LogP contribution is -2.02. The highest BCUT2D eigenvalue weighted by Crippen LogP contribution is 2.23. The van der Waals surface area contributed by atoms with E-state index >= 15 is 0 Å². The van der Waals surface area contributed by atoms with Gasteiger partial charge in [-0.25, -0.2) is 0 Å². The maximum atomic E-state index is 11.6. The van der Waals surface area contributed by atoms with Gasteiger partial charge in [0.1, 0.15) is 5.78 Å². The summed E-state index contributed by atoms with van der Waals surface area (Å²) in [5, 5.41) is 1.65. The van der Waals surface area contributed by atoms with E-state index in [1.54, 1.807) is 0 Å². The molecule has 2 aromatic rings. The summed E-state index contributed by atoms with van der Waals surface area (Å²) in [6.45, 7) is 3.82. The van der Waals surface area contributed by atoms with Gasteiger partial charge < -0.3 is 0 Å². The molecule has 1 aromatic heterocycles. The fraction of sp³-hybridized carbons (Fsp3) is 0.286. The van der Waals surface area contributed by atoms with Crippen LogP contribution >= 0.6 is 11.6 Å². The van der Waals surface area contributed by atoms with Gasteiger partial charge in [-0.3, -0.25) is 9.78 Å². The predicted octanol–water partition coefficient (Wildman–Crippen LogP) is 3.72. The molecule has 2 nitrogen and oxygen atoms in total. The van der Waals surface area contributed by atoms with Gasteiger partial charge in [-0.1, -0.05) is 18.5 Å². The van der Waals surface area contributed by atoms with E-state index in [-0.39, 0.29) is 5.78 Å². The molecule has 0 radical (unpaired) electrons. The lowest BCUT2D eigenvalue weighted by Gasteiger charge is -2.07. The quantitative estimate of drug-likeness (QED) is 0.828. The second-order valence-electron chi connectivity index (χ2n) is 4.15. The van der Waals surface area contributed by atoms with Crippen LogP contribution in [0, 0.1) is 6.92 Å². The number of benzene rings is 1. The predicted molar refractivity (Wildman–Crippen MR) is 70.5 cm³/mol. The lowest BCUT2D eigenvalue weighted by molar-refractivity contribution is -0.118. The molecule has 0 aliphatic heterocycles. The summed E-state index contributed by atoms with van der Waals surface area (Å²) in [6, 6.07) is 7.56. The van der Waals surface area contributed by atoms with Crippen molar-refractivity contribution < 1.29 is 4.79 Å². The third-order valence-electron chi connectivity index (χ3n) is 2.77. The molecular formula is C14H14ClNO. The first-order valence-corrected chi connectivity index (χ1v) is 6.05. The molecular weight excluding hydrogens is 234 g/mol. The Hall–Kier alpha value is -1.41. The van der Waals surface area contributed by atoms with Crippen molar-refractivity contribution in [3.63, 3.8) is 0 Å². The van der Waals surface area contributed by atoms with Gasteiger partial charge in [-0.15, -0.1) is 0 Å². The molecule has 0 aliphatic carbocycles. The summed E-state index contributed by atoms with van der Waals surface area (Å²) in [5.74, 6) is 0.233. The van der Waals surface area contributed by atoms with E-state index in [0.717, 1.165) is 22.2 Å². The van der Waals surface area contributed by atoms with Crippen LogP contribution in [0.1, 0.15) is 24.6 Å². The molecule has 0 spiro atoms. The molecule has 17 heavy (non-hydrogen) atoms. The highest BCUT2D eigenvalue weighted by Gasteiger charge is 2.08. The second-order valence-corrected chi connectivity index (χ2v) is 4.59. The number of hydrogen-bond donors (Lipinski definition) is 0. The normalized spacial score (nSPS) is 10.8. The molecule has 0 atom stereocenters. The van der Waals surface area contributed by atoms with E-state index in [1.165, 1.54) is 0 Å². The molecule has 88 valence electrons. The van der Waals surface area contributed by atoms with E-state index in [0.29, 0.717) is 17.9 Å². The summed E-state index contributed by atoms with van der Waals surface area (Å²) in [5.41, 5.74) is 2.84. The SMILES string of the molecule is CCC(=O)Cc1cc(C)nc2ccc(Cl)cc12. The highest BCUT2D eigenvalue weighted by atomic mass is 35.5. The molecule has 0 aliphatic rings. The van der Waals surface area contributed by atoms with Crippen molar-refractivity contribution in [3.05, 3.63) is 40.5 Å². The Bertz CT molecular complexity index is 578. The van der Waals surface area contributed by atoms with Crippen LogP contribution in [-0.4, -0.2) is 10.8 Å². The number of carbonyl (C=O) groups is 1. The van der Waals surface area contributed by atoms with Gasteiger partial charge in [-0.2, -0.15) is 0 Å². The molecule has 0 unspecified atom stereocenters. The zero-order valence-corrected chi connectivity index (χ0v) is 10.7. The average Bonchev–Trinajstić information content (AvgIpc) is 2.29. The fourth-order valence-corrected chi connectivity index (χ4v) is 2.07. The largest absolute Gasteiger partial charge is 0.299 e. The Morgan fingerprint density at radius 3 is 2.82 bits per heavy atom. The van der Waals surface area contributed by atoms with E-state index in [4.69, 9.17) is 11.6 Å². The summed E-state index contributed by atoms with van der Waals surface area (Å²) >= 11 is 5.99. The number of fused-ring (bicyclic) bond motifs is 1. The van der Waals surface area contributed by atoms with Crippen LogP contribution in [0.5, 0.6) is 0 Å². The van der Waals surface area contributed by atoms with Crippen molar-refractivity contribution in [2.24, 2.45) is 0 Å². The average molecular weight is 248 g/mol. The minimum absolute atomic E-state index is 0.233. The topological polar surface area (TPSA) is 30.0 Å². The molecule has 0 bridgehead atoms. The zero-order valence-electron chi connectivity index (χ0n) is 9.96. The first kappa shape index (κ1) is 12.1. The number of halogens is 1. The Morgan fingerprint density at radius 2 is 2.12 bits per heavy atom. The Labute approximate surface area is 106 Å². The molecule has 2 rings (SSSR count). The molecule has 3 heteroatoms. The van der Waals surface area contributed by atoms with Crippen LogP contribution in [0.2, 0.25) is 5.02 Å². The number of carbonyl (C=O) groups excluding carboxylic acids is 1. The maximum Gasteiger partial charge on any atom is 0.137 e. The number of aryl methyl sites for hydroxylation is 1. The molecule has 0 amide bonds. The molecule has 0 saturated carbocycles. The van der Waals surface area contributed by atoms with Crippen LogP contribution in [0.25, 0.3) is 10.9 Å². The third kappa shape index (κ3) is 2.64. The van der Waals surface area contributed by atoms with E-state index in [1.807, 2.05) is 38.1 Å². The highest BCUT2D eigenvalue weighted by molar-refractivity contribution is 6.31. The van der Waals surface area contributed by atoms with Gasteiger partial charge in [0.15, 0.2) is 0 Å². The summed E-state index contributed by atoms with van der Waals surface area (Å²) in [7, 11) is 0. The standard InChI is InChI=1S/C14H14ClNO/c1-3-12(17)7-10-6-9(2)16-14-5-4-11(15)8-13(10)14/h4-6,8H,3,7H2,1-2H3. The van der Waals surface area contributed by atoms with Crippen LogP contribution < -0.4 is 0 Å². The molecule has 1 aromatic carbocycles. The number of rotatable bonds is 3. The Balaban J connectivity index is 2.59. The smallest absolute Gasteiger partial charge is 0.137 e. The van der Waals surface area contributed by atoms with Gasteiger partial charge in [0.25, 0.3) is 0 Å². The van der Waals surface area contributed by atoms with Crippen molar-refractivity contribution in [2.75, 3.05) is 0 Å². The number of aromatic nitrogens is 1. The van der Waals surface area contributed by atoms with Gasteiger partial charge in [0, 0.05) is 28.9 Å². The number of nitrogens with zero attached hydrogens (tertiary/aromatic N) is 1. The monoisotopic (exact) mass is 247 g/mol. The maximum absolute atomic E-state index is 11.6. The molecule has 0 fully saturated rings. The zero-order chi connectivity index (χ0) is 12.4. The first-order valence-electron chi connectivity index (χ1n) is 5.67. The summed E-state index contributed by atoms with van der Waals surface area (Å²) < 4.78 is 0. The van der Waals surface area contributed by atoms with Crippen molar-refractivity contribution in [2.45, 2.75) is 26.7 Å². The summed E-state index contributed by atoms with van der Waals surface area (Å²) in [6.07, 6.45) is 1.01. The number of ketones is 1. The van der Waals surface area contributed by atoms with Gasteiger partial charge >= 0.3 is 0 Å². The number of Topliss-reactive ketones (excluding diaryl/α,β-unsaturated/α-hetero) is 1. The molecule has 0 N–H and O–H groups in total. The van der Waals surface area contributed by atoms with Crippen LogP contribution in [0.4, 0.5) is 0 Å². The van der Waals surface area contributed by atoms with Crippen LogP contribution in [-0.2, 0) is 11.2 Å². The lowest BCUT2D eigenvalue weighted by atomic mass is 10.0. The van der Waals surface area contributed by atoms with Gasteiger partial charge in [-0.05, 0) is 36.8 Å². The number of pyridine rings is 1. The Kier molecular flexibility index (Phi) is 3.43. The van der Waals surface area contributed by atoms with E-state index in [9.17, 15) is 4.79 Å². The van der Waals surface area contributed by atoms with E-state index < -0.39 is 0 Å². The van der Waals surface area contributed by atoms with E-state index in [2.05, 4.69) is 4.98 Å². The summed E-state index contributed by atoms with van der Waals surface area (Å²) in [4.78, 5) is 16.0. The molecule has 1 heterocycles. The number of hydrogen-bond acceptors (Lipinski definition) is 2. The fourth-order valence-electron chi connectivity index (χ4n) is 1.90. The van der Waals surface area contributed by atoms with Crippen molar-refractivity contribution in [1.29, 1.82) is 0 Å². The Morgan fingerprint density at radius 1 is 1.35 bits per heavy atom. The second kappa shape index (κ2) is 4.84. The van der Waals surface area contributed by atoms with Gasteiger partial charge in [0.2, 0.25) is 0 Å². The van der Waals surface area contributed by atoms with Crippen LogP contribution in [0.15, 0.2) is 24.3 Å². The molecule has 0 saturated heterocycles. The first-order chi connectivity index (χ1) is 8.10. The van der Waals surface area contributed by atoms with Crippen LogP contribution in [0.3, 0.4) is 0 Å². The minimum atomic E-state index is 0.233. The van der Waals surface area contributed by atoms with Crippen molar-refractivity contribution in [1.82, 2.24) is 4.98 Å². The third-order valence-corrected chi connectivity index (χ3v) is 3.00.